The number of carbonyl (C=O) groups is 1. The van der Waals surface area contributed by atoms with Gasteiger partial charge in [-0.25, -0.2) is 18.7 Å². The van der Waals surface area contributed by atoms with Gasteiger partial charge in [-0.15, -0.1) is 22.7 Å². The number of hydrogen-bond acceptors (Lipinski definition) is 6. The fourth-order valence-electron chi connectivity index (χ4n) is 2.48. The van der Waals surface area contributed by atoms with Gasteiger partial charge in [0.05, 0.1) is 16.9 Å². The van der Waals surface area contributed by atoms with E-state index in [1.165, 1.54) is 28.7 Å². The number of anilines is 1. The fraction of sp³-hybridized carbons (Fsp3) is 0.0500. The Morgan fingerprint density at radius 3 is 2.79 bits per heavy atom. The van der Waals surface area contributed by atoms with Gasteiger partial charge >= 0.3 is 0 Å². The summed E-state index contributed by atoms with van der Waals surface area (Å²) in [5.74, 6) is -1.67. The summed E-state index contributed by atoms with van der Waals surface area (Å²) in [7, 11) is 0. The first-order valence-electron chi connectivity index (χ1n) is 8.41. The lowest BCUT2D eigenvalue weighted by atomic mass is 10.2. The first-order valence-corrected chi connectivity index (χ1v) is 10.2. The van der Waals surface area contributed by atoms with Crippen molar-refractivity contribution >= 4 is 33.7 Å². The molecule has 0 unspecified atom stereocenters. The van der Waals surface area contributed by atoms with Gasteiger partial charge in [-0.05, 0) is 36.4 Å². The minimum atomic E-state index is -0.949. The lowest BCUT2D eigenvalue weighted by Gasteiger charge is -2.07. The number of ether oxygens (including phenoxy) is 1. The third-order valence-electron chi connectivity index (χ3n) is 3.91. The number of benzene rings is 2. The molecule has 1 amide bonds. The van der Waals surface area contributed by atoms with Gasteiger partial charge in [0, 0.05) is 21.9 Å². The number of hydrogen-bond donors (Lipinski definition) is 1. The van der Waals surface area contributed by atoms with Crippen LogP contribution in [0.15, 0.2) is 58.7 Å². The van der Waals surface area contributed by atoms with Gasteiger partial charge in [0.15, 0.2) is 16.8 Å². The molecule has 0 bridgehead atoms. The maximum atomic E-state index is 13.4. The van der Waals surface area contributed by atoms with E-state index in [4.69, 9.17) is 4.74 Å². The third kappa shape index (κ3) is 4.64. The summed E-state index contributed by atoms with van der Waals surface area (Å²) in [5.41, 5.74) is 3.83. The van der Waals surface area contributed by atoms with E-state index in [1.54, 1.807) is 35.2 Å². The molecule has 5 nitrogen and oxygen atoms in total. The Kier molecular flexibility index (Phi) is 5.59. The first kappa shape index (κ1) is 19.2. The zero-order valence-electron chi connectivity index (χ0n) is 14.8. The molecule has 0 fully saturated rings. The van der Waals surface area contributed by atoms with Crippen molar-refractivity contribution in [3.05, 3.63) is 81.6 Å². The van der Waals surface area contributed by atoms with E-state index >= 15 is 0 Å². The minimum Gasteiger partial charge on any atom is -0.487 e. The van der Waals surface area contributed by atoms with Crippen molar-refractivity contribution in [2.45, 2.75) is 6.61 Å². The van der Waals surface area contributed by atoms with E-state index in [2.05, 4.69) is 15.3 Å². The molecule has 0 spiro atoms. The summed E-state index contributed by atoms with van der Waals surface area (Å²) in [6, 6.07) is 10.3. The Balaban J connectivity index is 1.43. The van der Waals surface area contributed by atoms with Crippen LogP contribution in [0, 0.1) is 11.6 Å². The van der Waals surface area contributed by atoms with Crippen LogP contribution >= 0.6 is 22.7 Å². The average Bonchev–Trinajstić information content (AvgIpc) is 3.41. The van der Waals surface area contributed by atoms with Crippen molar-refractivity contribution in [2.75, 3.05) is 5.32 Å². The van der Waals surface area contributed by atoms with Crippen LogP contribution in [0.4, 0.5) is 13.9 Å². The summed E-state index contributed by atoms with van der Waals surface area (Å²) in [6.45, 7) is 0.318. The fourth-order valence-corrected chi connectivity index (χ4v) is 3.74. The molecular formula is C20H13F2N3O2S2. The van der Waals surface area contributed by atoms with Crippen molar-refractivity contribution in [3.63, 3.8) is 0 Å². The summed E-state index contributed by atoms with van der Waals surface area (Å²) >= 11 is 2.68. The molecular weight excluding hydrogens is 416 g/mol. The number of nitrogens with one attached hydrogen (secondary N) is 1. The van der Waals surface area contributed by atoms with Crippen molar-refractivity contribution < 1.29 is 18.3 Å². The van der Waals surface area contributed by atoms with Crippen LogP contribution in [-0.4, -0.2) is 15.9 Å². The van der Waals surface area contributed by atoms with Crippen LogP contribution in [0.25, 0.3) is 11.3 Å². The molecule has 146 valence electrons. The molecule has 1 N–H and O–H groups in total. The number of halogens is 2. The van der Waals surface area contributed by atoms with Gasteiger partial charge in [0.25, 0.3) is 5.91 Å². The van der Waals surface area contributed by atoms with E-state index in [1.807, 2.05) is 5.38 Å². The summed E-state index contributed by atoms with van der Waals surface area (Å²) in [4.78, 5) is 20.9. The van der Waals surface area contributed by atoms with Gasteiger partial charge in [-0.2, -0.15) is 0 Å². The molecule has 2 heterocycles. The second kappa shape index (κ2) is 8.46. The molecule has 29 heavy (non-hydrogen) atoms. The second-order valence-electron chi connectivity index (χ2n) is 5.92. The van der Waals surface area contributed by atoms with E-state index in [9.17, 15) is 13.6 Å². The molecule has 2 aromatic heterocycles. The molecule has 0 aliphatic heterocycles. The van der Waals surface area contributed by atoms with Crippen LogP contribution in [0.2, 0.25) is 0 Å². The normalized spacial score (nSPS) is 10.7. The molecule has 0 saturated heterocycles. The third-order valence-corrected chi connectivity index (χ3v) is 5.30. The van der Waals surface area contributed by atoms with Crippen molar-refractivity contribution in [2.24, 2.45) is 0 Å². The SMILES string of the molecule is O=C(Nc1nc(-c2ccc(F)c(F)c2)cs1)c1cccc(OCc2cscn2)c1. The van der Waals surface area contributed by atoms with Crippen molar-refractivity contribution in [3.8, 4) is 17.0 Å². The topological polar surface area (TPSA) is 64.1 Å². The molecule has 2 aromatic carbocycles. The predicted octanol–water partition coefficient (Wildman–Crippen LogP) is 5.38. The van der Waals surface area contributed by atoms with Crippen LogP contribution in [0.1, 0.15) is 16.1 Å². The highest BCUT2D eigenvalue weighted by molar-refractivity contribution is 7.14. The van der Waals surface area contributed by atoms with Gasteiger partial charge in [0.2, 0.25) is 0 Å². The summed E-state index contributed by atoms with van der Waals surface area (Å²) < 4.78 is 32.2. The van der Waals surface area contributed by atoms with Gasteiger partial charge in [0.1, 0.15) is 12.4 Å². The number of rotatable bonds is 6. The highest BCUT2D eigenvalue weighted by Crippen LogP contribution is 2.26. The van der Waals surface area contributed by atoms with Gasteiger partial charge < -0.3 is 4.74 Å². The van der Waals surface area contributed by atoms with Crippen LogP contribution in [0.5, 0.6) is 5.75 Å². The molecule has 4 aromatic rings. The summed E-state index contributed by atoms with van der Waals surface area (Å²) in [5, 5.41) is 6.61. The number of nitrogens with zero attached hydrogens (tertiary/aromatic N) is 2. The molecule has 9 heteroatoms. The minimum absolute atomic E-state index is 0.318. The molecule has 4 rings (SSSR count). The number of carbonyl (C=O) groups excluding carboxylic acids is 1. The maximum absolute atomic E-state index is 13.4. The number of thiazole rings is 2. The van der Waals surface area contributed by atoms with E-state index < -0.39 is 11.6 Å². The zero-order chi connectivity index (χ0) is 20.2. The van der Waals surface area contributed by atoms with Gasteiger partial charge in [-0.3, -0.25) is 10.1 Å². The molecule has 0 saturated carbocycles. The molecule has 0 aliphatic rings. The monoisotopic (exact) mass is 429 g/mol. The predicted molar refractivity (Wildman–Crippen MR) is 108 cm³/mol. The van der Waals surface area contributed by atoms with E-state index in [-0.39, 0.29) is 5.91 Å². The number of aromatic nitrogens is 2. The van der Waals surface area contributed by atoms with Crippen LogP contribution in [-0.2, 0) is 6.61 Å². The van der Waals surface area contributed by atoms with E-state index in [0.717, 1.165) is 17.8 Å². The zero-order valence-corrected chi connectivity index (χ0v) is 16.4. The van der Waals surface area contributed by atoms with Crippen LogP contribution < -0.4 is 10.1 Å². The maximum Gasteiger partial charge on any atom is 0.257 e. The second-order valence-corrected chi connectivity index (χ2v) is 7.49. The Hall–Kier alpha value is -3.17. The quantitative estimate of drug-likeness (QED) is 0.447. The van der Waals surface area contributed by atoms with Crippen molar-refractivity contribution in [1.82, 2.24) is 9.97 Å². The molecule has 0 aliphatic carbocycles. The van der Waals surface area contributed by atoms with E-state index in [0.29, 0.717) is 34.3 Å². The lowest BCUT2D eigenvalue weighted by Crippen LogP contribution is -2.11. The average molecular weight is 429 g/mol. The van der Waals surface area contributed by atoms with Crippen LogP contribution in [0.3, 0.4) is 0 Å². The largest absolute Gasteiger partial charge is 0.487 e. The van der Waals surface area contributed by atoms with Gasteiger partial charge in [-0.1, -0.05) is 6.07 Å². The Morgan fingerprint density at radius 1 is 1.10 bits per heavy atom. The highest BCUT2D eigenvalue weighted by Gasteiger charge is 2.12. The standard InChI is InChI=1S/C20H13F2N3O2S2/c21-16-5-4-12(7-17(16)22)18-10-29-20(24-18)25-19(26)13-2-1-3-15(6-13)27-8-14-9-28-11-23-14/h1-7,9-11H,8H2,(H,24,25,26). The molecule has 0 atom stereocenters. The molecule has 0 radical (unpaired) electrons. The smallest absolute Gasteiger partial charge is 0.257 e. The Bertz CT molecular complexity index is 1150. The Labute approximate surface area is 172 Å². The van der Waals surface area contributed by atoms with Crippen molar-refractivity contribution in [1.29, 1.82) is 0 Å². The Morgan fingerprint density at radius 2 is 2.00 bits per heavy atom. The number of amides is 1. The lowest BCUT2D eigenvalue weighted by molar-refractivity contribution is 0.102. The summed E-state index contributed by atoms with van der Waals surface area (Å²) in [6.07, 6.45) is 0. The highest BCUT2D eigenvalue weighted by atomic mass is 32.1. The first-order chi connectivity index (χ1) is 14.1.